The van der Waals surface area contributed by atoms with Crippen LogP contribution in [-0.4, -0.2) is 49.6 Å². The molecule has 0 fully saturated rings. The Kier molecular flexibility index (Phi) is 12.2. The first kappa shape index (κ1) is 22.2. The largest absolute Gasteiger partial charge is 0.435 e. The van der Waals surface area contributed by atoms with Gasteiger partial charge in [-0.3, -0.25) is 4.99 Å². The lowest BCUT2D eigenvalue weighted by molar-refractivity contribution is -0.0498. The summed E-state index contributed by atoms with van der Waals surface area (Å²) in [7, 11) is 1.95. The molecule has 23 heavy (non-hydrogen) atoms. The molecule has 0 aliphatic rings. The van der Waals surface area contributed by atoms with Gasteiger partial charge in [0.25, 0.3) is 0 Å². The Morgan fingerprint density at radius 2 is 2.00 bits per heavy atom. The van der Waals surface area contributed by atoms with Gasteiger partial charge in [0.2, 0.25) is 0 Å². The highest BCUT2D eigenvalue weighted by molar-refractivity contribution is 14.0. The fourth-order valence-electron chi connectivity index (χ4n) is 1.84. The van der Waals surface area contributed by atoms with Gasteiger partial charge < -0.3 is 15.0 Å². The van der Waals surface area contributed by atoms with Gasteiger partial charge in [-0.1, -0.05) is 12.1 Å². The maximum atomic E-state index is 12.1. The number of ether oxygens (including phenoxy) is 1. The Balaban J connectivity index is 0.00000484. The van der Waals surface area contributed by atoms with Crippen molar-refractivity contribution in [3.63, 3.8) is 0 Å². The van der Waals surface area contributed by atoms with E-state index in [-0.39, 0.29) is 29.7 Å². The van der Waals surface area contributed by atoms with Gasteiger partial charge >= 0.3 is 6.61 Å². The number of rotatable bonds is 8. The number of nitrogens with zero attached hydrogens (tertiary/aromatic N) is 2. The highest BCUT2D eigenvalue weighted by Crippen LogP contribution is 2.15. The fraction of sp³-hybridized carbons (Fsp3) is 0.533. The zero-order valence-corrected chi connectivity index (χ0v) is 16.7. The first-order chi connectivity index (χ1) is 10.6. The summed E-state index contributed by atoms with van der Waals surface area (Å²) < 4.78 is 28.6. The summed E-state index contributed by atoms with van der Waals surface area (Å²) in [6.07, 6.45) is 2.05. The van der Waals surface area contributed by atoms with E-state index in [4.69, 9.17) is 0 Å². The van der Waals surface area contributed by atoms with Gasteiger partial charge in [0.15, 0.2) is 5.96 Å². The number of aliphatic imine (C=N–C) groups is 1. The van der Waals surface area contributed by atoms with E-state index in [9.17, 15) is 8.78 Å². The fourth-order valence-corrected chi connectivity index (χ4v) is 2.11. The van der Waals surface area contributed by atoms with E-state index < -0.39 is 6.61 Å². The molecule has 0 atom stereocenters. The van der Waals surface area contributed by atoms with Crippen LogP contribution in [0, 0.1) is 0 Å². The number of thioether (sulfide) groups is 1. The molecule has 0 heterocycles. The van der Waals surface area contributed by atoms with Crippen molar-refractivity contribution in [3.05, 3.63) is 29.8 Å². The van der Waals surface area contributed by atoms with E-state index in [1.54, 1.807) is 36.0 Å². The van der Waals surface area contributed by atoms with Crippen molar-refractivity contribution in [1.29, 1.82) is 0 Å². The molecule has 0 amide bonds. The SMILES string of the molecule is CCNC(=NCCSC)N(C)Cc1ccc(OC(F)F)cc1.I. The highest BCUT2D eigenvalue weighted by Gasteiger charge is 2.08. The zero-order chi connectivity index (χ0) is 16.4. The standard InChI is InChI=1S/C15H23F2N3OS.HI/c1-4-18-15(19-9-10-22-3)20(2)11-12-5-7-13(8-6-12)21-14(16)17;/h5-8,14H,4,9-11H2,1-3H3,(H,18,19);1H. The quantitative estimate of drug-likeness (QED) is 0.279. The van der Waals surface area contributed by atoms with Gasteiger partial charge in [-0.25, -0.2) is 0 Å². The molecule has 1 N–H and O–H groups in total. The first-order valence-electron chi connectivity index (χ1n) is 7.09. The molecule has 4 nitrogen and oxygen atoms in total. The van der Waals surface area contributed by atoms with Crippen molar-refractivity contribution >= 4 is 41.7 Å². The second-order valence-corrected chi connectivity index (χ2v) is 5.59. The second-order valence-electron chi connectivity index (χ2n) is 4.61. The number of nitrogens with one attached hydrogen (secondary N) is 1. The number of hydrogen-bond donors (Lipinski definition) is 1. The molecule has 0 spiro atoms. The predicted octanol–water partition coefficient (Wildman–Crippen LogP) is 3.67. The molecule has 0 saturated carbocycles. The number of hydrogen-bond acceptors (Lipinski definition) is 3. The minimum Gasteiger partial charge on any atom is -0.435 e. The second kappa shape index (κ2) is 12.6. The summed E-state index contributed by atoms with van der Waals surface area (Å²) in [5.41, 5.74) is 1.000. The van der Waals surface area contributed by atoms with Gasteiger partial charge in [-0.15, -0.1) is 24.0 Å². The zero-order valence-electron chi connectivity index (χ0n) is 13.6. The number of guanidine groups is 1. The minimum absolute atomic E-state index is 0. The molecule has 1 aromatic carbocycles. The van der Waals surface area contributed by atoms with Crippen molar-refractivity contribution in [2.75, 3.05) is 32.1 Å². The van der Waals surface area contributed by atoms with Crippen LogP contribution in [0.4, 0.5) is 8.78 Å². The van der Waals surface area contributed by atoms with E-state index in [1.807, 2.05) is 18.9 Å². The van der Waals surface area contributed by atoms with E-state index in [0.717, 1.165) is 30.4 Å². The Morgan fingerprint density at radius 1 is 1.35 bits per heavy atom. The molecule has 0 aliphatic carbocycles. The Morgan fingerprint density at radius 3 is 2.52 bits per heavy atom. The van der Waals surface area contributed by atoms with Crippen molar-refractivity contribution in [2.24, 2.45) is 4.99 Å². The van der Waals surface area contributed by atoms with Gasteiger partial charge in [0, 0.05) is 25.9 Å². The summed E-state index contributed by atoms with van der Waals surface area (Å²) in [6.45, 7) is 1.42. The van der Waals surface area contributed by atoms with E-state index in [2.05, 4.69) is 21.3 Å². The van der Waals surface area contributed by atoms with Crippen LogP contribution in [0.2, 0.25) is 0 Å². The third-order valence-electron chi connectivity index (χ3n) is 2.82. The number of benzene rings is 1. The molecule has 0 unspecified atom stereocenters. The molecule has 0 aromatic heterocycles. The number of alkyl halides is 2. The topological polar surface area (TPSA) is 36.9 Å². The van der Waals surface area contributed by atoms with E-state index in [1.165, 1.54) is 0 Å². The third-order valence-corrected chi connectivity index (χ3v) is 3.41. The van der Waals surface area contributed by atoms with E-state index >= 15 is 0 Å². The molecule has 132 valence electrons. The average molecular weight is 459 g/mol. The van der Waals surface area contributed by atoms with Crippen LogP contribution >= 0.6 is 35.7 Å². The van der Waals surface area contributed by atoms with Crippen LogP contribution in [0.25, 0.3) is 0 Å². The van der Waals surface area contributed by atoms with Crippen LogP contribution in [-0.2, 0) is 6.54 Å². The predicted molar refractivity (Wildman–Crippen MR) is 104 cm³/mol. The van der Waals surface area contributed by atoms with Crippen LogP contribution in [0.1, 0.15) is 12.5 Å². The van der Waals surface area contributed by atoms with Crippen LogP contribution in [0.3, 0.4) is 0 Å². The highest BCUT2D eigenvalue weighted by atomic mass is 127. The normalized spacial score (nSPS) is 11.1. The van der Waals surface area contributed by atoms with Crippen molar-refractivity contribution in [2.45, 2.75) is 20.1 Å². The molecule has 0 radical (unpaired) electrons. The first-order valence-corrected chi connectivity index (χ1v) is 8.48. The molecular formula is C15H24F2IN3OS. The van der Waals surface area contributed by atoms with Gasteiger partial charge in [-0.05, 0) is 30.9 Å². The summed E-state index contributed by atoms with van der Waals surface area (Å²) in [5, 5.41) is 3.24. The summed E-state index contributed by atoms with van der Waals surface area (Å²) in [6, 6.07) is 6.65. The molecule has 0 bridgehead atoms. The summed E-state index contributed by atoms with van der Waals surface area (Å²) in [4.78, 5) is 6.55. The Labute approximate surface area is 158 Å². The summed E-state index contributed by atoms with van der Waals surface area (Å²) in [5.74, 6) is 1.98. The van der Waals surface area contributed by atoms with E-state index in [0.29, 0.717) is 6.54 Å². The molecule has 8 heteroatoms. The van der Waals surface area contributed by atoms with Crippen molar-refractivity contribution in [3.8, 4) is 5.75 Å². The van der Waals surface area contributed by atoms with Gasteiger partial charge in [0.05, 0.1) is 6.54 Å². The smallest absolute Gasteiger partial charge is 0.387 e. The Hall–Kier alpha value is -0.770. The Bertz CT molecular complexity index is 461. The van der Waals surface area contributed by atoms with Crippen LogP contribution in [0.5, 0.6) is 5.75 Å². The molecule has 1 aromatic rings. The monoisotopic (exact) mass is 459 g/mol. The van der Waals surface area contributed by atoms with Crippen molar-refractivity contribution < 1.29 is 13.5 Å². The molecule has 0 aliphatic heterocycles. The van der Waals surface area contributed by atoms with Crippen LogP contribution in [0.15, 0.2) is 29.3 Å². The van der Waals surface area contributed by atoms with Gasteiger partial charge in [0.1, 0.15) is 5.75 Å². The lowest BCUT2D eigenvalue weighted by Crippen LogP contribution is -2.38. The minimum atomic E-state index is -2.79. The van der Waals surface area contributed by atoms with Crippen LogP contribution < -0.4 is 10.1 Å². The maximum Gasteiger partial charge on any atom is 0.387 e. The lowest BCUT2D eigenvalue weighted by atomic mass is 10.2. The molecule has 1 rings (SSSR count). The third kappa shape index (κ3) is 9.19. The average Bonchev–Trinajstić information content (AvgIpc) is 2.48. The van der Waals surface area contributed by atoms with Gasteiger partial charge in [-0.2, -0.15) is 20.5 Å². The lowest BCUT2D eigenvalue weighted by Gasteiger charge is -2.22. The number of halogens is 3. The van der Waals surface area contributed by atoms with Crippen molar-refractivity contribution in [1.82, 2.24) is 10.2 Å². The molecular weight excluding hydrogens is 435 g/mol. The maximum absolute atomic E-state index is 12.1. The molecule has 0 saturated heterocycles. The summed E-state index contributed by atoms with van der Waals surface area (Å²) >= 11 is 1.76.